The standard InChI is InChI=1S/C33H35NO4/c1-21(2)23-10-12-24(13-11-23)32-17-16-28(26-6-4-5-7-27(26)32)33(31(36)37)20-34(19-29(32)33)30(35)18-22-8-14-25(38-3)15-9-22/h4-15,21,28-29H,16-20H2,1-3H3,(H,36,37). The van der Waals surface area contributed by atoms with Crippen LogP contribution in [-0.4, -0.2) is 42.1 Å². The minimum absolute atomic E-state index is 0.0149. The summed E-state index contributed by atoms with van der Waals surface area (Å²) in [5.74, 6) is 0.0934. The Kier molecular flexibility index (Phi) is 5.86. The van der Waals surface area contributed by atoms with E-state index in [1.54, 1.807) is 7.11 Å². The fraction of sp³-hybridized carbons (Fsp3) is 0.394. The molecule has 5 nitrogen and oxygen atoms in total. The number of amides is 1. The lowest BCUT2D eigenvalue weighted by Gasteiger charge is -2.59. The van der Waals surface area contributed by atoms with Gasteiger partial charge in [0.05, 0.1) is 18.9 Å². The van der Waals surface area contributed by atoms with E-state index in [4.69, 9.17) is 4.74 Å². The van der Waals surface area contributed by atoms with Crippen molar-refractivity contribution in [3.63, 3.8) is 0 Å². The van der Waals surface area contributed by atoms with Crippen molar-refractivity contribution in [2.45, 2.75) is 50.4 Å². The van der Waals surface area contributed by atoms with E-state index in [0.717, 1.165) is 29.7 Å². The van der Waals surface area contributed by atoms with Gasteiger partial charge in [-0.2, -0.15) is 0 Å². The number of carboxylic acids is 1. The van der Waals surface area contributed by atoms with Gasteiger partial charge in [-0.15, -0.1) is 0 Å². The summed E-state index contributed by atoms with van der Waals surface area (Å²) in [5.41, 5.74) is 4.31. The third-order valence-corrected chi connectivity index (χ3v) is 9.70. The molecule has 38 heavy (non-hydrogen) atoms. The van der Waals surface area contributed by atoms with Crippen LogP contribution in [0.1, 0.15) is 66.3 Å². The number of ether oxygens (including phenoxy) is 1. The topological polar surface area (TPSA) is 66.8 Å². The lowest BCUT2D eigenvalue weighted by atomic mass is 9.42. The quantitative estimate of drug-likeness (QED) is 0.458. The Hall–Kier alpha value is -3.60. The van der Waals surface area contributed by atoms with E-state index in [1.807, 2.05) is 35.2 Å². The van der Waals surface area contributed by atoms with Crippen molar-refractivity contribution in [1.29, 1.82) is 0 Å². The van der Waals surface area contributed by atoms with Crippen molar-refractivity contribution >= 4 is 11.9 Å². The van der Waals surface area contributed by atoms with Gasteiger partial charge in [0.25, 0.3) is 0 Å². The van der Waals surface area contributed by atoms with Crippen LogP contribution in [0.4, 0.5) is 0 Å². The molecule has 1 aliphatic heterocycles. The van der Waals surface area contributed by atoms with Gasteiger partial charge in [0, 0.05) is 30.3 Å². The lowest BCUT2D eigenvalue weighted by Crippen LogP contribution is -2.60. The second-order valence-electron chi connectivity index (χ2n) is 11.6. The molecule has 4 atom stereocenters. The normalized spacial score (nSPS) is 27.2. The van der Waals surface area contributed by atoms with Crippen molar-refractivity contribution in [2.75, 3.05) is 20.2 Å². The minimum Gasteiger partial charge on any atom is -0.497 e. The third kappa shape index (κ3) is 3.44. The molecule has 4 aliphatic rings. The second kappa shape index (κ2) is 9.00. The number of nitrogens with zero attached hydrogens (tertiary/aromatic N) is 1. The molecule has 1 amide bonds. The molecule has 2 bridgehead atoms. The van der Waals surface area contributed by atoms with Gasteiger partial charge in [-0.3, -0.25) is 9.59 Å². The van der Waals surface area contributed by atoms with E-state index in [0.29, 0.717) is 12.5 Å². The highest BCUT2D eigenvalue weighted by Crippen LogP contribution is 2.68. The van der Waals surface area contributed by atoms with Crippen LogP contribution in [-0.2, 0) is 21.4 Å². The van der Waals surface area contributed by atoms with Gasteiger partial charge < -0.3 is 14.7 Å². The summed E-state index contributed by atoms with van der Waals surface area (Å²) in [6.07, 6.45) is 1.96. The van der Waals surface area contributed by atoms with Gasteiger partial charge in [0.15, 0.2) is 0 Å². The van der Waals surface area contributed by atoms with E-state index in [9.17, 15) is 14.7 Å². The van der Waals surface area contributed by atoms with E-state index >= 15 is 0 Å². The Balaban J connectivity index is 1.44. The zero-order chi connectivity index (χ0) is 26.7. The average Bonchev–Trinajstić information content (AvgIpc) is 3.38. The van der Waals surface area contributed by atoms with Crippen LogP contribution in [0, 0.1) is 11.3 Å². The zero-order valence-electron chi connectivity index (χ0n) is 22.3. The molecule has 1 heterocycles. The number of carbonyl (C=O) groups excluding carboxylic acids is 1. The average molecular weight is 510 g/mol. The van der Waals surface area contributed by atoms with Gasteiger partial charge in [-0.25, -0.2) is 0 Å². The maximum atomic E-state index is 13.6. The predicted octanol–water partition coefficient (Wildman–Crippen LogP) is 5.77. The summed E-state index contributed by atoms with van der Waals surface area (Å²) in [6.45, 7) is 5.09. The Morgan fingerprint density at radius 1 is 1.03 bits per heavy atom. The van der Waals surface area contributed by atoms with Crippen molar-refractivity contribution in [3.8, 4) is 5.75 Å². The summed E-state index contributed by atoms with van der Waals surface area (Å²) in [6, 6.07) is 24.8. The largest absolute Gasteiger partial charge is 0.497 e. The van der Waals surface area contributed by atoms with E-state index in [2.05, 4.69) is 56.3 Å². The van der Waals surface area contributed by atoms with Crippen LogP contribution >= 0.6 is 0 Å². The highest BCUT2D eigenvalue weighted by molar-refractivity contribution is 5.85. The van der Waals surface area contributed by atoms with Crippen LogP contribution in [0.5, 0.6) is 5.75 Å². The second-order valence-corrected chi connectivity index (χ2v) is 11.6. The number of rotatable bonds is 6. The number of methoxy groups -OCH3 is 1. The van der Waals surface area contributed by atoms with Crippen molar-refractivity contribution in [2.24, 2.45) is 11.3 Å². The monoisotopic (exact) mass is 509 g/mol. The molecule has 7 rings (SSSR count). The number of benzene rings is 3. The summed E-state index contributed by atoms with van der Waals surface area (Å²) in [7, 11) is 1.62. The number of carboxylic acid groups (broad SMARTS) is 1. The Labute approximate surface area is 224 Å². The Morgan fingerprint density at radius 2 is 1.74 bits per heavy atom. The first kappa shape index (κ1) is 24.7. The molecule has 0 aromatic heterocycles. The van der Waals surface area contributed by atoms with E-state index in [1.165, 1.54) is 16.7 Å². The van der Waals surface area contributed by atoms with Gasteiger partial charge in [0.1, 0.15) is 5.75 Å². The first-order valence-corrected chi connectivity index (χ1v) is 13.6. The molecule has 1 saturated carbocycles. The van der Waals surface area contributed by atoms with Gasteiger partial charge in [-0.1, -0.05) is 74.5 Å². The molecule has 0 spiro atoms. The van der Waals surface area contributed by atoms with Gasteiger partial charge >= 0.3 is 5.97 Å². The smallest absolute Gasteiger partial charge is 0.312 e. The fourth-order valence-electron chi connectivity index (χ4n) is 7.84. The molecule has 1 N–H and O–H groups in total. The molecule has 0 radical (unpaired) electrons. The molecular weight excluding hydrogens is 474 g/mol. The molecule has 3 aromatic rings. The SMILES string of the molecule is COc1ccc(CC(=O)N2CC3C4(c5ccc(C(C)C)cc5)CCC(c5ccccc54)C3(C(=O)O)C2)cc1. The minimum atomic E-state index is -1.00. The molecular formula is C33H35NO4. The molecule has 196 valence electrons. The van der Waals surface area contributed by atoms with Crippen molar-refractivity contribution in [3.05, 3.63) is 101 Å². The summed E-state index contributed by atoms with van der Waals surface area (Å²) in [4.78, 5) is 28.8. The van der Waals surface area contributed by atoms with Crippen LogP contribution in [0.3, 0.4) is 0 Å². The number of likely N-dealkylation sites (tertiary alicyclic amines) is 1. The molecule has 1 saturated heterocycles. The molecule has 3 aromatic carbocycles. The summed E-state index contributed by atoms with van der Waals surface area (Å²) in [5, 5.41) is 10.9. The Bertz CT molecular complexity index is 1380. The number of carbonyl (C=O) groups is 2. The van der Waals surface area contributed by atoms with Gasteiger partial charge in [-0.05, 0) is 58.7 Å². The first-order valence-electron chi connectivity index (χ1n) is 13.6. The highest BCUT2D eigenvalue weighted by Gasteiger charge is 2.70. The van der Waals surface area contributed by atoms with Crippen LogP contribution in [0.2, 0.25) is 0 Å². The summed E-state index contributed by atoms with van der Waals surface area (Å²) < 4.78 is 5.25. The molecule has 3 aliphatic carbocycles. The van der Waals surface area contributed by atoms with Crippen LogP contribution < -0.4 is 4.74 Å². The third-order valence-electron chi connectivity index (χ3n) is 9.70. The van der Waals surface area contributed by atoms with Gasteiger partial charge in [0.2, 0.25) is 5.91 Å². The first-order chi connectivity index (χ1) is 18.3. The lowest BCUT2D eigenvalue weighted by molar-refractivity contribution is -0.157. The van der Waals surface area contributed by atoms with Crippen LogP contribution in [0.15, 0.2) is 72.8 Å². The van der Waals surface area contributed by atoms with E-state index in [-0.39, 0.29) is 30.7 Å². The Morgan fingerprint density at radius 3 is 2.39 bits per heavy atom. The molecule has 5 heteroatoms. The molecule has 2 fully saturated rings. The number of hydrogen-bond acceptors (Lipinski definition) is 3. The van der Waals surface area contributed by atoms with Crippen LogP contribution in [0.25, 0.3) is 0 Å². The fourth-order valence-corrected chi connectivity index (χ4v) is 7.84. The number of aliphatic carboxylic acids is 1. The maximum Gasteiger partial charge on any atom is 0.312 e. The summed E-state index contributed by atoms with van der Waals surface area (Å²) >= 11 is 0. The highest BCUT2D eigenvalue weighted by atomic mass is 16.5. The van der Waals surface area contributed by atoms with Crippen molar-refractivity contribution in [1.82, 2.24) is 4.90 Å². The number of fused-ring (bicyclic) bond motifs is 1. The molecule has 4 unspecified atom stereocenters. The zero-order valence-corrected chi connectivity index (χ0v) is 22.3. The van der Waals surface area contributed by atoms with Crippen molar-refractivity contribution < 1.29 is 19.4 Å². The predicted molar refractivity (Wildman–Crippen MR) is 147 cm³/mol. The number of hydrogen-bond donors (Lipinski definition) is 1. The van der Waals surface area contributed by atoms with E-state index < -0.39 is 16.8 Å². The maximum absolute atomic E-state index is 13.6.